The number of esters is 1. The van der Waals surface area contributed by atoms with E-state index in [0.29, 0.717) is 36.4 Å². The molecule has 0 unspecified atom stereocenters. The number of nitrogens with zero attached hydrogens (tertiary/aromatic N) is 2. The van der Waals surface area contributed by atoms with Gasteiger partial charge in [0.2, 0.25) is 0 Å². The summed E-state index contributed by atoms with van der Waals surface area (Å²) in [7, 11) is 0. The van der Waals surface area contributed by atoms with Crippen molar-refractivity contribution in [3.05, 3.63) is 88.0 Å². The molecule has 0 bridgehead atoms. The van der Waals surface area contributed by atoms with E-state index in [2.05, 4.69) is 20.9 Å². The maximum atomic E-state index is 13.8. The highest BCUT2D eigenvalue weighted by molar-refractivity contribution is 9.10. The van der Waals surface area contributed by atoms with Crippen molar-refractivity contribution in [2.45, 2.75) is 39.8 Å². The molecule has 0 saturated carbocycles. The summed E-state index contributed by atoms with van der Waals surface area (Å²) in [6.07, 6.45) is 1.44. The standard InChI is InChI=1S/C26H24BrClN2O5S/c1-5-34-25(33)21-14(4)29-26-30(22(21)17-8-6-7-9-19(17)35-13(2)3)24(32)20(36-26)11-15-10-16(27)12-18(28)23(15)31/h6-13,22,31H,5H2,1-4H3/b20-11-/t22-/m1/s1. The molecule has 10 heteroatoms. The molecule has 0 amide bonds. The van der Waals surface area contributed by atoms with E-state index in [9.17, 15) is 14.7 Å². The molecule has 1 atom stereocenters. The molecule has 188 valence electrons. The Labute approximate surface area is 225 Å². The Hall–Kier alpha value is -2.88. The minimum absolute atomic E-state index is 0.123. The first kappa shape index (κ1) is 26.2. The Morgan fingerprint density at radius 3 is 2.75 bits per heavy atom. The van der Waals surface area contributed by atoms with Crippen molar-refractivity contribution >= 4 is 50.9 Å². The lowest BCUT2D eigenvalue weighted by atomic mass is 9.95. The van der Waals surface area contributed by atoms with Crippen LogP contribution < -0.4 is 19.6 Å². The molecule has 0 radical (unpaired) electrons. The average Bonchev–Trinajstić information content (AvgIpc) is 3.11. The van der Waals surface area contributed by atoms with Gasteiger partial charge < -0.3 is 14.6 Å². The fourth-order valence-corrected chi connectivity index (χ4v) is 5.86. The van der Waals surface area contributed by atoms with Gasteiger partial charge in [-0.15, -0.1) is 0 Å². The summed E-state index contributed by atoms with van der Waals surface area (Å²) in [6.45, 7) is 7.45. The Kier molecular flexibility index (Phi) is 7.73. The third-order valence-electron chi connectivity index (χ3n) is 5.44. The van der Waals surface area contributed by atoms with Crippen LogP contribution in [0.3, 0.4) is 0 Å². The molecule has 0 spiro atoms. The van der Waals surface area contributed by atoms with Gasteiger partial charge in [0.15, 0.2) is 4.80 Å². The molecule has 1 N–H and O–H groups in total. The Morgan fingerprint density at radius 1 is 1.33 bits per heavy atom. The van der Waals surface area contributed by atoms with Crippen LogP contribution in [0, 0.1) is 0 Å². The molecule has 1 aliphatic rings. The summed E-state index contributed by atoms with van der Waals surface area (Å²) in [6, 6.07) is 9.73. The summed E-state index contributed by atoms with van der Waals surface area (Å²) in [5.41, 5.74) is 1.38. The topological polar surface area (TPSA) is 90.1 Å². The molecule has 0 saturated heterocycles. The third-order valence-corrected chi connectivity index (χ3v) is 7.17. The summed E-state index contributed by atoms with van der Waals surface area (Å²) in [5, 5.41) is 10.6. The third kappa shape index (κ3) is 5.00. The first-order valence-corrected chi connectivity index (χ1v) is 13.2. The lowest BCUT2D eigenvalue weighted by molar-refractivity contribution is -0.139. The highest BCUT2D eigenvalue weighted by Crippen LogP contribution is 2.36. The van der Waals surface area contributed by atoms with E-state index in [0.717, 1.165) is 11.3 Å². The smallest absolute Gasteiger partial charge is 0.338 e. The maximum absolute atomic E-state index is 13.8. The molecule has 0 fully saturated rings. The molecule has 0 aliphatic carbocycles. The number of ether oxygens (including phenoxy) is 2. The van der Waals surface area contributed by atoms with E-state index in [1.54, 1.807) is 32.1 Å². The average molecular weight is 592 g/mol. The van der Waals surface area contributed by atoms with Gasteiger partial charge in [-0.1, -0.05) is 57.1 Å². The van der Waals surface area contributed by atoms with Crippen molar-refractivity contribution in [3.63, 3.8) is 0 Å². The van der Waals surface area contributed by atoms with Gasteiger partial charge in [-0.25, -0.2) is 9.79 Å². The van der Waals surface area contributed by atoms with Gasteiger partial charge in [0.1, 0.15) is 17.5 Å². The number of carbonyl (C=O) groups excluding carboxylic acids is 1. The van der Waals surface area contributed by atoms with Crippen molar-refractivity contribution in [1.29, 1.82) is 0 Å². The summed E-state index contributed by atoms with van der Waals surface area (Å²) >= 11 is 10.6. The lowest BCUT2D eigenvalue weighted by Crippen LogP contribution is -2.40. The fourth-order valence-electron chi connectivity index (χ4n) is 3.99. The van der Waals surface area contributed by atoms with E-state index < -0.39 is 12.0 Å². The summed E-state index contributed by atoms with van der Waals surface area (Å²) < 4.78 is 13.9. The molecule has 36 heavy (non-hydrogen) atoms. The van der Waals surface area contributed by atoms with Crippen LogP contribution in [0.15, 0.2) is 61.9 Å². The first-order valence-electron chi connectivity index (χ1n) is 11.3. The maximum Gasteiger partial charge on any atom is 0.338 e. The number of carbonyl (C=O) groups is 1. The molecular weight excluding hydrogens is 568 g/mol. The van der Waals surface area contributed by atoms with Crippen molar-refractivity contribution in [2.24, 2.45) is 4.99 Å². The number of halogens is 2. The molecule has 3 aromatic rings. The molecule has 1 aromatic heterocycles. The Balaban J connectivity index is 2.01. The second-order valence-corrected chi connectivity index (χ2v) is 10.7. The van der Waals surface area contributed by atoms with E-state index in [1.807, 2.05) is 38.1 Å². The number of thiazole rings is 1. The van der Waals surface area contributed by atoms with Crippen molar-refractivity contribution in [1.82, 2.24) is 4.57 Å². The number of rotatable bonds is 6. The summed E-state index contributed by atoms with van der Waals surface area (Å²) in [5.74, 6) is -0.130. The molecular formula is C26H24BrClN2O5S. The minimum atomic E-state index is -0.808. The predicted molar refractivity (Wildman–Crippen MR) is 143 cm³/mol. The Morgan fingerprint density at radius 2 is 2.06 bits per heavy atom. The number of allylic oxidation sites excluding steroid dienone is 1. The number of benzene rings is 2. The lowest BCUT2D eigenvalue weighted by Gasteiger charge is -2.26. The van der Waals surface area contributed by atoms with E-state index in [4.69, 9.17) is 21.1 Å². The van der Waals surface area contributed by atoms with Crippen LogP contribution >= 0.6 is 38.9 Å². The van der Waals surface area contributed by atoms with Crippen molar-refractivity contribution in [2.75, 3.05) is 6.61 Å². The zero-order chi connectivity index (χ0) is 26.1. The number of aromatic hydroxyl groups is 1. The number of phenols is 1. The van der Waals surface area contributed by atoms with Gasteiger partial charge in [0, 0.05) is 15.6 Å². The predicted octanol–water partition coefficient (Wildman–Crippen LogP) is 4.71. The van der Waals surface area contributed by atoms with Gasteiger partial charge >= 0.3 is 5.97 Å². The summed E-state index contributed by atoms with van der Waals surface area (Å²) in [4.78, 5) is 31.9. The van der Waals surface area contributed by atoms with Gasteiger partial charge in [-0.05, 0) is 52.0 Å². The van der Waals surface area contributed by atoms with Gasteiger partial charge in [-0.2, -0.15) is 0 Å². The van der Waals surface area contributed by atoms with E-state index in [-0.39, 0.29) is 34.6 Å². The Bertz CT molecular complexity index is 1560. The van der Waals surface area contributed by atoms with Crippen LogP contribution in [0.1, 0.15) is 44.9 Å². The SMILES string of the molecule is CCOC(=O)C1=C(C)N=c2s/c(=C\c3cc(Br)cc(Cl)c3O)c(=O)n2[C@@H]1c1ccccc1OC(C)C. The van der Waals surface area contributed by atoms with E-state index >= 15 is 0 Å². The van der Waals surface area contributed by atoms with Crippen LogP contribution in [0.5, 0.6) is 11.5 Å². The van der Waals surface area contributed by atoms with Crippen molar-refractivity contribution in [3.8, 4) is 11.5 Å². The van der Waals surface area contributed by atoms with Crippen LogP contribution in [-0.2, 0) is 9.53 Å². The molecule has 2 aromatic carbocycles. The fraction of sp³-hybridized carbons (Fsp3) is 0.269. The number of phenolic OH excluding ortho intramolecular Hbond substituents is 1. The number of hydrogen-bond donors (Lipinski definition) is 1. The molecule has 2 heterocycles. The van der Waals surface area contributed by atoms with Crippen LogP contribution in [-0.4, -0.2) is 28.4 Å². The van der Waals surface area contributed by atoms with Crippen LogP contribution in [0.2, 0.25) is 5.02 Å². The number of hydrogen-bond acceptors (Lipinski definition) is 7. The second kappa shape index (κ2) is 10.6. The molecule has 4 rings (SSSR count). The highest BCUT2D eigenvalue weighted by atomic mass is 79.9. The van der Waals surface area contributed by atoms with Crippen molar-refractivity contribution < 1.29 is 19.4 Å². The number of para-hydroxylation sites is 1. The van der Waals surface area contributed by atoms with Gasteiger partial charge in [0.25, 0.3) is 5.56 Å². The highest BCUT2D eigenvalue weighted by Gasteiger charge is 2.35. The van der Waals surface area contributed by atoms with Crippen LogP contribution in [0.25, 0.3) is 6.08 Å². The van der Waals surface area contributed by atoms with Gasteiger partial charge in [-0.3, -0.25) is 9.36 Å². The zero-order valence-corrected chi connectivity index (χ0v) is 23.2. The quantitative estimate of drug-likeness (QED) is 0.420. The second-order valence-electron chi connectivity index (χ2n) is 8.33. The number of aromatic nitrogens is 1. The minimum Gasteiger partial charge on any atom is -0.506 e. The van der Waals surface area contributed by atoms with E-state index in [1.165, 1.54) is 4.57 Å². The largest absolute Gasteiger partial charge is 0.506 e. The first-order chi connectivity index (χ1) is 17.1. The molecule has 1 aliphatic heterocycles. The molecule has 7 nitrogen and oxygen atoms in total. The van der Waals surface area contributed by atoms with Gasteiger partial charge in [0.05, 0.1) is 33.5 Å². The number of fused-ring (bicyclic) bond motifs is 1. The zero-order valence-electron chi connectivity index (χ0n) is 20.0. The van der Waals surface area contributed by atoms with Crippen LogP contribution in [0.4, 0.5) is 0 Å². The normalized spacial score (nSPS) is 15.6. The monoisotopic (exact) mass is 590 g/mol.